The summed E-state index contributed by atoms with van der Waals surface area (Å²) in [6.07, 6.45) is 2.93. The minimum atomic E-state index is -4.71. The predicted octanol–water partition coefficient (Wildman–Crippen LogP) is -5.58. The molecule has 0 spiro atoms. The minimum Gasteiger partial charge on any atom is -0.748 e. The zero-order valence-electron chi connectivity index (χ0n) is 11.1. The van der Waals surface area contributed by atoms with Crippen LogP contribution in [0.15, 0.2) is 0 Å². The molecule has 0 aliphatic rings. The summed E-state index contributed by atoms with van der Waals surface area (Å²) in [4.78, 5) is 0. The largest absolute Gasteiger partial charge is 1.00 e. The molecular weight excluding hydrogens is 302 g/mol. The van der Waals surface area contributed by atoms with Gasteiger partial charge in [-0.15, -0.1) is 0 Å². The van der Waals surface area contributed by atoms with Crippen LogP contribution >= 0.6 is 0 Å². The first kappa shape index (κ1) is 24.8. The molecule has 0 saturated heterocycles. The zero-order chi connectivity index (χ0) is 12.8. The summed E-state index contributed by atoms with van der Waals surface area (Å²) in [5.74, 6) is -1.12. The van der Waals surface area contributed by atoms with Crippen molar-refractivity contribution in [2.45, 2.75) is 44.3 Å². The van der Waals surface area contributed by atoms with Gasteiger partial charge in [0, 0.05) is 0 Å². The molecule has 0 heterocycles. The summed E-state index contributed by atoms with van der Waals surface area (Å²) in [5, 5.41) is -1.60. The average molecular weight is 318 g/mol. The van der Waals surface area contributed by atoms with E-state index in [-0.39, 0.29) is 65.5 Å². The van der Waals surface area contributed by atoms with E-state index in [4.69, 9.17) is 0 Å². The Kier molecular flexibility index (Phi) is 15.8. The Morgan fingerprint density at radius 1 is 0.944 bits per heavy atom. The van der Waals surface area contributed by atoms with Crippen LogP contribution in [0.25, 0.3) is 0 Å². The molecule has 18 heavy (non-hydrogen) atoms. The summed E-state index contributed by atoms with van der Waals surface area (Å²) < 4.78 is 63.4. The van der Waals surface area contributed by atoms with E-state index >= 15 is 0 Å². The maximum atomic E-state index is 10.7. The van der Waals surface area contributed by atoms with E-state index in [1.165, 1.54) is 0 Å². The molecule has 0 aromatic rings. The molecule has 1 atom stereocenters. The van der Waals surface area contributed by atoms with E-state index in [1.54, 1.807) is 0 Å². The van der Waals surface area contributed by atoms with Gasteiger partial charge < -0.3 is 9.11 Å². The van der Waals surface area contributed by atoms with Gasteiger partial charge in [-0.3, -0.25) is 0 Å². The van der Waals surface area contributed by atoms with Crippen molar-refractivity contribution in [1.82, 2.24) is 0 Å². The Balaban J connectivity index is -0.00000112. The third kappa shape index (κ3) is 14.2. The Hall–Kier alpha value is 1.82. The Morgan fingerprint density at radius 3 is 1.78 bits per heavy atom. The number of unbranched alkanes of at least 4 members (excludes halogenated alkanes) is 3. The van der Waals surface area contributed by atoms with Gasteiger partial charge in [0.15, 0.2) is 0 Å². The van der Waals surface area contributed by atoms with Crippen molar-refractivity contribution in [2.75, 3.05) is 5.75 Å². The van der Waals surface area contributed by atoms with E-state index in [0.29, 0.717) is 6.42 Å². The topological polar surface area (TPSA) is 114 Å². The maximum Gasteiger partial charge on any atom is 1.00 e. The molecule has 0 aliphatic heterocycles. The number of hydrogen-bond acceptors (Lipinski definition) is 6. The molecule has 0 bridgehead atoms. The maximum absolute atomic E-state index is 10.7. The smallest absolute Gasteiger partial charge is 0.748 e. The second kappa shape index (κ2) is 11.5. The SMILES string of the molecule is CCCCCCC(CS(=O)(=O)[O-])S(=O)(=O)[O-].[Na+].[Na+]. The Bertz CT molecular complexity index is 392. The molecule has 0 N–H and O–H groups in total. The van der Waals surface area contributed by atoms with Gasteiger partial charge in [-0.2, -0.15) is 0 Å². The van der Waals surface area contributed by atoms with E-state index in [9.17, 15) is 25.9 Å². The average Bonchev–Trinajstić information content (AvgIpc) is 2.06. The third-order valence-corrected chi connectivity index (χ3v) is 4.42. The van der Waals surface area contributed by atoms with Crippen LogP contribution in [0.4, 0.5) is 0 Å². The first-order valence-electron chi connectivity index (χ1n) is 5.05. The predicted molar refractivity (Wildman–Crippen MR) is 56.8 cm³/mol. The third-order valence-electron chi connectivity index (χ3n) is 2.18. The van der Waals surface area contributed by atoms with Crippen molar-refractivity contribution in [3.63, 3.8) is 0 Å². The molecule has 0 amide bonds. The van der Waals surface area contributed by atoms with Crippen LogP contribution in [-0.2, 0) is 20.2 Å². The van der Waals surface area contributed by atoms with E-state index in [0.717, 1.165) is 19.3 Å². The van der Waals surface area contributed by atoms with Crippen molar-refractivity contribution in [3.8, 4) is 0 Å². The number of rotatable bonds is 8. The Labute approximate surface area is 153 Å². The molecule has 0 fully saturated rings. The van der Waals surface area contributed by atoms with Gasteiger partial charge in [-0.1, -0.05) is 32.6 Å². The van der Waals surface area contributed by atoms with Crippen molar-refractivity contribution in [1.29, 1.82) is 0 Å². The second-order valence-corrected chi connectivity index (χ2v) is 6.79. The van der Waals surface area contributed by atoms with Gasteiger partial charge in [0.1, 0.15) is 0 Å². The standard InChI is InChI=1S/C8H18O6S2.2Na/c1-2-3-4-5-6-8(16(12,13)14)7-15(9,10)11;;/h8H,2-7H2,1H3,(H,9,10,11)(H,12,13,14);;/q;2*+1/p-2. The van der Waals surface area contributed by atoms with Gasteiger partial charge in [0.25, 0.3) is 0 Å². The molecule has 0 aromatic carbocycles. The second-order valence-electron chi connectivity index (χ2n) is 3.69. The van der Waals surface area contributed by atoms with Crippen LogP contribution in [0.1, 0.15) is 39.0 Å². The quantitative estimate of drug-likeness (QED) is 0.250. The molecule has 0 saturated carbocycles. The van der Waals surface area contributed by atoms with Crippen LogP contribution in [0, 0.1) is 0 Å². The molecule has 0 radical (unpaired) electrons. The van der Waals surface area contributed by atoms with Crippen molar-refractivity contribution in [2.24, 2.45) is 0 Å². The van der Waals surface area contributed by atoms with Crippen LogP contribution in [0.5, 0.6) is 0 Å². The Morgan fingerprint density at radius 2 is 1.44 bits per heavy atom. The normalized spacial score (nSPS) is 13.3. The fourth-order valence-corrected chi connectivity index (χ4v) is 3.58. The van der Waals surface area contributed by atoms with Crippen LogP contribution in [0.2, 0.25) is 0 Å². The summed E-state index contributed by atoms with van der Waals surface area (Å²) in [5.41, 5.74) is 0. The van der Waals surface area contributed by atoms with Crippen molar-refractivity contribution < 1.29 is 85.1 Å². The van der Waals surface area contributed by atoms with Gasteiger partial charge in [-0.25, -0.2) is 16.8 Å². The van der Waals surface area contributed by atoms with Crippen molar-refractivity contribution in [3.05, 3.63) is 0 Å². The molecule has 0 aliphatic carbocycles. The van der Waals surface area contributed by atoms with Gasteiger partial charge in [-0.05, 0) is 6.42 Å². The fourth-order valence-electron chi connectivity index (χ4n) is 1.34. The fraction of sp³-hybridized carbons (Fsp3) is 1.00. The first-order chi connectivity index (χ1) is 7.17. The van der Waals surface area contributed by atoms with Crippen molar-refractivity contribution >= 4 is 20.2 Å². The summed E-state index contributed by atoms with van der Waals surface area (Å²) in [6, 6.07) is 0. The molecule has 10 heteroatoms. The first-order valence-corrected chi connectivity index (χ1v) is 8.10. The van der Waals surface area contributed by atoms with Crippen LogP contribution in [0.3, 0.4) is 0 Å². The monoisotopic (exact) mass is 318 g/mol. The van der Waals surface area contributed by atoms with Gasteiger partial charge >= 0.3 is 59.1 Å². The molecule has 6 nitrogen and oxygen atoms in total. The summed E-state index contributed by atoms with van der Waals surface area (Å²) in [7, 11) is -9.39. The minimum absolute atomic E-state index is 0. The molecule has 0 rings (SSSR count). The van der Waals surface area contributed by atoms with Gasteiger partial charge in [0.05, 0.1) is 31.2 Å². The van der Waals surface area contributed by atoms with Gasteiger partial charge in [0.2, 0.25) is 0 Å². The molecular formula is C8H16Na2O6S2. The molecule has 0 aromatic heterocycles. The zero-order valence-corrected chi connectivity index (χ0v) is 16.7. The number of hydrogen-bond donors (Lipinski definition) is 0. The van der Waals surface area contributed by atoms with Crippen LogP contribution < -0.4 is 59.1 Å². The molecule has 98 valence electrons. The summed E-state index contributed by atoms with van der Waals surface area (Å²) >= 11 is 0. The van der Waals surface area contributed by atoms with E-state index < -0.39 is 31.2 Å². The molecule has 1 unspecified atom stereocenters. The van der Waals surface area contributed by atoms with E-state index in [2.05, 4.69) is 0 Å². The van der Waals surface area contributed by atoms with Crippen LogP contribution in [-0.4, -0.2) is 36.9 Å². The summed E-state index contributed by atoms with van der Waals surface area (Å²) in [6.45, 7) is 1.96. The van der Waals surface area contributed by atoms with E-state index in [1.807, 2.05) is 6.92 Å².